The molecule has 2 aliphatic carbocycles. The van der Waals surface area contributed by atoms with Crippen molar-refractivity contribution >= 4 is 5.78 Å². The molecule has 1 aromatic carbocycles. The van der Waals surface area contributed by atoms with Crippen LogP contribution in [-0.4, -0.2) is 55.7 Å². The van der Waals surface area contributed by atoms with E-state index >= 15 is 0 Å². The number of carbonyl (C=O) groups is 1. The quantitative estimate of drug-likeness (QED) is 0.468. The number of ketones is 1. The second-order valence-corrected chi connectivity index (χ2v) is 10.5. The maximum atomic E-state index is 13.0. The number of carbonyl (C=O) groups excluding carboxylic acids is 1. The van der Waals surface area contributed by atoms with Crippen LogP contribution in [-0.2, 0) is 21.4 Å². The molecule has 6 atom stereocenters. The summed E-state index contributed by atoms with van der Waals surface area (Å²) in [4.78, 5) is 15.5. The van der Waals surface area contributed by atoms with Gasteiger partial charge in [0.15, 0.2) is 11.5 Å². The third kappa shape index (κ3) is 2.44. The molecular weight excluding hydrogens is 402 g/mol. The van der Waals surface area contributed by atoms with E-state index in [-0.39, 0.29) is 34.7 Å². The van der Waals surface area contributed by atoms with Crippen LogP contribution in [0.25, 0.3) is 0 Å². The second-order valence-electron chi connectivity index (χ2n) is 10.5. The number of benzene rings is 1. The molecule has 0 N–H and O–H groups in total. The van der Waals surface area contributed by atoms with Crippen molar-refractivity contribution in [1.82, 2.24) is 4.90 Å². The zero-order valence-corrected chi connectivity index (χ0v) is 20.2. The second kappa shape index (κ2) is 7.33. The number of piperidine rings is 1. The summed E-state index contributed by atoms with van der Waals surface area (Å²) in [6.45, 7) is 12.0. The number of hydrogen-bond acceptors (Lipinski definition) is 5. The number of methoxy groups -OCH3 is 1. The molecule has 1 saturated carbocycles. The molecule has 5 rings (SSSR count). The summed E-state index contributed by atoms with van der Waals surface area (Å²) in [5.74, 6) is 1.62. The van der Waals surface area contributed by atoms with Crippen LogP contribution in [0.3, 0.4) is 0 Å². The first-order valence-corrected chi connectivity index (χ1v) is 12.2. The fraction of sp³-hybridized carbons (Fsp3) is 0.667. The molecule has 5 heteroatoms. The first kappa shape index (κ1) is 22.0. The Bertz CT molecular complexity index is 959. The molecule has 2 fully saturated rings. The Morgan fingerprint density at radius 2 is 2.19 bits per heavy atom. The van der Waals surface area contributed by atoms with E-state index < -0.39 is 5.60 Å². The number of rotatable bonds is 7. The minimum absolute atomic E-state index is 0.163. The van der Waals surface area contributed by atoms with Crippen LogP contribution in [0.15, 0.2) is 24.8 Å². The van der Waals surface area contributed by atoms with Crippen molar-refractivity contribution in [1.29, 1.82) is 0 Å². The number of nitrogens with zero attached hydrogens (tertiary/aromatic N) is 1. The van der Waals surface area contributed by atoms with E-state index in [1.54, 1.807) is 14.0 Å². The van der Waals surface area contributed by atoms with E-state index in [2.05, 4.69) is 50.6 Å². The Labute approximate surface area is 192 Å². The summed E-state index contributed by atoms with van der Waals surface area (Å²) in [5.41, 5.74) is 1.41. The molecule has 174 valence electrons. The third-order valence-electron chi connectivity index (χ3n) is 9.37. The van der Waals surface area contributed by atoms with Crippen LogP contribution in [0.4, 0.5) is 0 Å². The zero-order valence-electron chi connectivity index (χ0n) is 20.2. The topological polar surface area (TPSA) is 48.0 Å². The van der Waals surface area contributed by atoms with E-state index in [9.17, 15) is 4.79 Å². The molecule has 4 aliphatic rings. The first-order valence-electron chi connectivity index (χ1n) is 12.2. The fourth-order valence-corrected chi connectivity index (χ4v) is 7.73. The van der Waals surface area contributed by atoms with Gasteiger partial charge in [-0.15, -0.1) is 6.58 Å². The van der Waals surface area contributed by atoms with Gasteiger partial charge < -0.3 is 19.1 Å². The smallest absolute Gasteiger partial charge is 0.166 e. The number of unbranched alkanes of at least 4 members (excludes halogenated alkanes) is 1. The first-order chi connectivity index (χ1) is 15.3. The van der Waals surface area contributed by atoms with Crippen molar-refractivity contribution in [3.63, 3.8) is 0 Å². The van der Waals surface area contributed by atoms with E-state index in [1.165, 1.54) is 11.1 Å². The summed E-state index contributed by atoms with van der Waals surface area (Å²) in [6, 6.07) is 4.61. The molecule has 1 saturated heterocycles. The average molecular weight is 440 g/mol. The summed E-state index contributed by atoms with van der Waals surface area (Å²) in [6.07, 6.45) is 6.63. The van der Waals surface area contributed by atoms with Gasteiger partial charge in [0.25, 0.3) is 0 Å². The number of likely N-dealkylation sites (tertiary alicyclic amines) is 1. The lowest BCUT2D eigenvalue weighted by Crippen LogP contribution is -2.77. The average Bonchev–Trinajstić information content (AvgIpc) is 3.14. The van der Waals surface area contributed by atoms with Gasteiger partial charge in [0.2, 0.25) is 0 Å². The Balaban J connectivity index is 1.77. The Hall–Kier alpha value is -1.85. The minimum atomic E-state index is -0.715. The third-order valence-corrected chi connectivity index (χ3v) is 9.37. The van der Waals surface area contributed by atoms with Crippen LogP contribution >= 0.6 is 0 Å². The van der Waals surface area contributed by atoms with Crippen molar-refractivity contribution in [2.75, 3.05) is 27.3 Å². The lowest BCUT2D eigenvalue weighted by Gasteiger charge is -2.68. The normalized spacial score (nSPS) is 39.2. The maximum absolute atomic E-state index is 13.0. The minimum Gasteiger partial charge on any atom is -0.490 e. The van der Waals surface area contributed by atoms with Gasteiger partial charge in [0, 0.05) is 24.1 Å². The zero-order chi connectivity index (χ0) is 22.9. The Morgan fingerprint density at radius 3 is 2.84 bits per heavy atom. The summed E-state index contributed by atoms with van der Waals surface area (Å²) in [5, 5.41) is 0. The number of ether oxygens (including phenoxy) is 3. The molecule has 2 bridgehead atoms. The lowest BCUT2D eigenvalue weighted by molar-refractivity contribution is -0.212. The maximum Gasteiger partial charge on any atom is 0.166 e. The monoisotopic (exact) mass is 439 g/mol. The van der Waals surface area contributed by atoms with Gasteiger partial charge in [-0.25, -0.2) is 0 Å². The van der Waals surface area contributed by atoms with Crippen LogP contribution in [0.1, 0.15) is 57.6 Å². The van der Waals surface area contributed by atoms with E-state index in [0.29, 0.717) is 6.61 Å². The van der Waals surface area contributed by atoms with Crippen molar-refractivity contribution in [2.45, 2.75) is 76.0 Å². The van der Waals surface area contributed by atoms with E-state index in [4.69, 9.17) is 14.2 Å². The molecule has 0 amide bonds. The van der Waals surface area contributed by atoms with Gasteiger partial charge in [-0.05, 0) is 64.8 Å². The Kier molecular flexibility index (Phi) is 5.03. The largest absolute Gasteiger partial charge is 0.490 e. The van der Waals surface area contributed by atoms with Crippen LogP contribution in [0.2, 0.25) is 0 Å². The summed E-state index contributed by atoms with van der Waals surface area (Å²) >= 11 is 0. The lowest BCUT2D eigenvalue weighted by atomic mass is 9.39. The molecule has 1 aromatic rings. The number of hydrogen-bond donors (Lipinski definition) is 0. The SMILES string of the molecule is C=C[C@]12C[C@H](C(C)=O)[C@@](C)(OC)[C@@H]3Oc4c(OCCCC)ccc5c4[C@@]31CCN(C)[C@@H]2C5. The van der Waals surface area contributed by atoms with Crippen LogP contribution in [0, 0.1) is 11.3 Å². The highest BCUT2D eigenvalue weighted by atomic mass is 16.6. The Morgan fingerprint density at radius 1 is 1.41 bits per heavy atom. The molecular formula is C27H37NO4. The molecule has 0 unspecified atom stereocenters. The molecule has 2 aliphatic heterocycles. The molecule has 0 radical (unpaired) electrons. The summed E-state index contributed by atoms with van der Waals surface area (Å²) < 4.78 is 19.4. The van der Waals surface area contributed by atoms with Crippen LogP contribution in [0.5, 0.6) is 11.5 Å². The molecule has 0 aromatic heterocycles. The molecule has 5 nitrogen and oxygen atoms in total. The molecule has 1 spiro atoms. The molecule has 2 heterocycles. The van der Waals surface area contributed by atoms with E-state index in [0.717, 1.165) is 50.1 Å². The van der Waals surface area contributed by atoms with Gasteiger partial charge in [-0.2, -0.15) is 0 Å². The van der Waals surface area contributed by atoms with Gasteiger partial charge in [0.1, 0.15) is 17.5 Å². The highest BCUT2D eigenvalue weighted by Gasteiger charge is 2.76. The number of Topliss-reactive ketones (excluding diaryl/α,β-unsaturated/α-hetero) is 1. The highest BCUT2D eigenvalue weighted by molar-refractivity contribution is 5.81. The fourth-order valence-electron chi connectivity index (χ4n) is 7.73. The van der Waals surface area contributed by atoms with Crippen molar-refractivity contribution in [2.24, 2.45) is 11.3 Å². The highest BCUT2D eigenvalue weighted by Crippen LogP contribution is 2.72. The molecule has 32 heavy (non-hydrogen) atoms. The van der Waals surface area contributed by atoms with Crippen molar-refractivity contribution in [3.05, 3.63) is 35.9 Å². The number of likely N-dealkylation sites (N-methyl/N-ethyl adjacent to an activating group) is 1. The van der Waals surface area contributed by atoms with Gasteiger partial charge in [0.05, 0.1) is 17.9 Å². The van der Waals surface area contributed by atoms with Gasteiger partial charge in [-0.1, -0.05) is 25.5 Å². The van der Waals surface area contributed by atoms with Gasteiger partial charge >= 0.3 is 0 Å². The van der Waals surface area contributed by atoms with Crippen molar-refractivity contribution in [3.8, 4) is 11.5 Å². The van der Waals surface area contributed by atoms with Gasteiger partial charge in [-0.3, -0.25) is 4.79 Å². The van der Waals surface area contributed by atoms with Crippen molar-refractivity contribution < 1.29 is 19.0 Å². The summed E-state index contributed by atoms with van der Waals surface area (Å²) in [7, 11) is 3.95. The predicted octanol–water partition coefficient (Wildman–Crippen LogP) is 4.31. The predicted molar refractivity (Wildman–Crippen MR) is 125 cm³/mol. The standard InChI is InChI=1S/C27H37NO4/c1-7-9-14-31-20-11-10-18-15-21-26(8-2)16-19(17(3)29)25(4,30-6)24-27(26,12-13-28(21)5)22(18)23(20)32-24/h8,10-11,19,21,24H,2,7,9,12-16H2,1,3-6H3/t19-,21-,24+,25-,26-,27+/m1/s1. The van der Waals surface area contributed by atoms with E-state index in [1.807, 2.05) is 0 Å². The van der Waals surface area contributed by atoms with Crippen LogP contribution < -0.4 is 9.47 Å².